The zero-order chi connectivity index (χ0) is 32.7. The Labute approximate surface area is 276 Å². The first-order chi connectivity index (χ1) is 23.3. The van der Waals surface area contributed by atoms with Gasteiger partial charge in [0.1, 0.15) is 29.7 Å². The number of carbonyl (C=O) groups excluding carboxylic acids is 1. The molecule has 1 aliphatic carbocycles. The molecule has 3 unspecified atom stereocenters. The molecule has 5 fully saturated rings. The van der Waals surface area contributed by atoms with E-state index >= 15 is 4.39 Å². The molecule has 1 amide bonds. The van der Waals surface area contributed by atoms with Crippen LogP contribution in [0.3, 0.4) is 0 Å². The lowest BCUT2D eigenvalue weighted by molar-refractivity contribution is -0.115. The van der Waals surface area contributed by atoms with Crippen molar-refractivity contribution in [1.82, 2.24) is 15.2 Å². The van der Waals surface area contributed by atoms with E-state index in [0.29, 0.717) is 46.8 Å². The number of fused-ring (bicyclic) bond motifs is 6. The summed E-state index contributed by atoms with van der Waals surface area (Å²) in [5, 5.41) is 28.9. The summed E-state index contributed by atoms with van der Waals surface area (Å²) >= 11 is 0. The quantitative estimate of drug-likeness (QED) is 0.243. The van der Waals surface area contributed by atoms with Crippen LogP contribution < -0.4 is 20.3 Å². The van der Waals surface area contributed by atoms with Gasteiger partial charge in [-0.05, 0) is 78.2 Å². The zero-order valence-electron chi connectivity index (χ0n) is 26.4. The Balaban J connectivity index is 1.28. The minimum absolute atomic E-state index is 0.00167. The fourth-order valence-corrected chi connectivity index (χ4v) is 9.31. The van der Waals surface area contributed by atoms with Crippen LogP contribution in [-0.2, 0) is 11.2 Å². The number of aryl methyl sites for hydroxylation is 1. The van der Waals surface area contributed by atoms with Crippen LogP contribution >= 0.6 is 0 Å². The van der Waals surface area contributed by atoms with Crippen molar-refractivity contribution in [3.05, 3.63) is 53.8 Å². The number of pyridine rings is 1. The zero-order valence-corrected chi connectivity index (χ0v) is 26.4. The number of nitrogens with zero attached hydrogens (tertiary/aromatic N) is 4. The normalized spacial score (nSPS) is 27.5. The number of anilines is 2. The van der Waals surface area contributed by atoms with Crippen molar-refractivity contribution in [3.63, 3.8) is 0 Å². The molecule has 6 heterocycles. The van der Waals surface area contributed by atoms with Crippen molar-refractivity contribution in [1.29, 1.82) is 5.26 Å². The maximum absolute atomic E-state index is 17.5. The lowest BCUT2D eigenvalue weighted by Crippen LogP contribution is -2.58. The van der Waals surface area contributed by atoms with Crippen LogP contribution in [0, 0.1) is 23.1 Å². The van der Waals surface area contributed by atoms with Crippen molar-refractivity contribution in [2.75, 3.05) is 43.0 Å². The third-order valence-electron chi connectivity index (χ3n) is 11.4. The van der Waals surface area contributed by atoms with Gasteiger partial charge in [0.05, 0.1) is 23.8 Å². The van der Waals surface area contributed by atoms with Gasteiger partial charge in [0.2, 0.25) is 11.8 Å². The van der Waals surface area contributed by atoms with E-state index in [1.165, 1.54) is 0 Å². The number of amides is 1. The highest BCUT2D eigenvalue weighted by Crippen LogP contribution is 2.51. The highest BCUT2D eigenvalue weighted by molar-refractivity contribution is 6.12. The second kappa shape index (κ2) is 11.0. The number of nitrogens with one attached hydrogen (secondary N) is 2. The number of rotatable bonds is 7. The molecular weight excluding hydrogens is 614 g/mol. The van der Waals surface area contributed by atoms with E-state index in [9.17, 15) is 19.6 Å². The maximum atomic E-state index is 17.5. The smallest absolute Gasteiger partial charge is 0.244 e. The van der Waals surface area contributed by atoms with Gasteiger partial charge in [-0.2, -0.15) is 5.26 Å². The number of benzene rings is 3. The van der Waals surface area contributed by atoms with E-state index in [1.54, 1.807) is 12.1 Å². The Bertz CT molecular complexity index is 2040. The molecule has 4 saturated heterocycles. The van der Waals surface area contributed by atoms with Crippen LogP contribution in [-0.4, -0.2) is 77.5 Å². The average Bonchev–Trinajstić information content (AvgIpc) is 3.85. The predicted molar refractivity (Wildman–Crippen MR) is 178 cm³/mol. The van der Waals surface area contributed by atoms with Crippen molar-refractivity contribution in [2.24, 2.45) is 5.92 Å². The van der Waals surface area contributed by atoms with Crippen LogP contribution in [0.4, 0.5) is 20.2 Å². The molecule has 1 saturated carbocycles. The predicted octanol–water partition coefficient (Wildman–Crippen LogP) is 5.43. The number of phenolic OH excluding ortho intramolecular Hbond substituents is 1. The number of aromatic hydroxyl groups is 1. The largest absolute Gasteiger partial charge is 0.508 e. The highest BCUT2D eigenvalue weighted by Gasteiger charge is 2.52. The number of aromatic nitrogens is 1. The fourth-order valence-electron chi connectivity index (χ4n) is 9.31. The summed E-state index contributed by atoms with van der Waals surface area (Å²) in [6, 6.07) is 15.1. The molecule has 0 radical (unpaired) electrons. The molecule has 5 atom stereocenters. The molecule has 1 aromatic heterocycles. The first-order valence-corrected chi connectivity index (χ1v) is 16.9. The van der Waals surface area contributed by atoms with Crippen molar-refractivity contribution < 1.29 is 23.4 Å². The van der Waals surface area contributed by atoms with E-state index in [0.717, 1.165) is 43.1 Å². The Hall–Kier alpha value is -4.53. The van der Waals surface area contributed by atoms with Crippen LogP contribution in [0.25, 0.3) is 32.8 Å². The van der Waals surface area contributed by atoms with Gasteiger partial charge in [-0.25, -0.2) is 13.8 Å². The van der Waals surface area contributed by atoms with Crippen LogP contribution in [0.5, 0.6) is 11.6 Å². The fraction of sp³-hybridized carbons (Fsp3) is 0.432. The molecule has 5 aliphatic heterocycles. The SMILES string of the molecule is N#CCCc1cc2c3c(c(OC[C@@]45CCCN4C[C@H](F)C5)nc2c(F)c1-c1cc(O)cc2ccccc12)NC(=O)CN3C1C2CNC1C2. The van der Waals surface area contributed by atoms with E-state index in [2.05, 4.69) is 26.5 Å². The van der Waals surface area contributed by atoms with Crippen molar-refractivity contribution in [2.45, 2.75) is 62.3 Å². The monoisotopic (exact) mass is 650 g/mol. The number of phenols is 1. The Morgan fingerprint density at radius 1 is 1.21 bits per heavy atom. The van der Waals surface area contributed by atoms with Crippen LogP contribution in [0.1, 0.15) is 37.7 Å². The molecule has 4 aromatic rings. The van der Waals surface area contributed by atoms with Gasteiger partial charge in [0.25, 0.3) is 0 Å². The Morgan fingerprint density at radius 3 is 2.90 bits per heavy atom. The standard InChI is InChI=1S/C37H36F2N6O3/c38-23-15-37(8-4-10-44(37)17-23)19-48-36-33-35(45(18-29(47)42-33)34-22-13-28(34)41-16-22)27-12-21(6-3-9-40)30(31(39)32(27)43-36)26-14-24(46)11-20-5-1-2-7-25(20)26/h1-2,5,7,11-12,14,22-23,28,34,41,46H,3-4,6,8,10,13,15-19H2,(H,42,47)/t22?,23-,28?,34?,37+/m1/s1. The number of hydrogen-bond donors (Lipinski definition) is 3. The van der Waals surface area contributed by atoms with E-state index in [-0.39, 0.29) is 66.7 Å². The van der Waals surface area contributed by atoms with Gasteiger partial charge in [-0.15, -0.1) is 0 Å². The first kappa shape index (κ1) is 29.6. The second-order valence-electron chi connectivity index (χ2n) is 14.2. The van der Waals surface area contributed by atoms with E-state index in [4.69, 9.17) is 9.72 Å². The van der Waals surface area contributed by atoms with Gasteiger partial charge in [-0.3, -0.25) is 9.69 Å². The number of alkyl halides is 1. The van der Waals surface area contributed by atoms with Gasteiger partial charge >= 0.3 is 0 Å². The topological polar surface area (TPSA) is 114 Å². The first-order valence-electron chi connectivity index (χ1n) is 16.9. The third kappa shape index (κ3) is 4.46. The molecule has 9 nitrogen and oxygen atoms in total. The summed E-state index contributed by atoms with van der Waals surface area (Å²) < 4.78 is 38.6. The summed E-state index contributed by atoms with van der Waals surface area (Å²) in [7, 11) is 0. The maximum Gasteiger partial charge on any atom is 0.244 e. The van der Waals surface area contributed by atoms with Gasteiger partial charge in [0.15, 0.2) is 5.82 Å². The van der Waals surface area contributed by atoms with Crippen molar-refractivity contribution in [3.8, 4) is 28.8 Å². The van der Waals surface area contributed by atoms with Gasteiger partial charge in [0, 0.05) is 49.0 Å². The van der Waals surface area contributed by atoms with E-state index < -0.39 is 17.5 Å². The number of nitriles is 1. The molecule has 246 valence electrons. The summed E-state index contributed by atoms with van der Waals surface area (Å²) in [6.07, 6.45) is 2.63. The summed E-state index contributed by atoms with van der Waals surface area (Å²) in [6.45, 7) is 2.32. The minimum Gasteiger partial charge on any atom is -0.508 e. The van der Waals surface area contributed by atoms with Crippen LogP contribution in [0.2, 0.25) is 0 Å². The molecule has 48 heavy (non-hydrogen) atoms. The number of halogens is 2. The van der Waals surface area contributed by atoms with Crippen molar-refractivity contribution >= 4 is 39.0 Å². The summed E-state index contributed by atoms with van der Waals surface area (Å²) in [4.78, 5) is 22.4. The molecule has 0 spiro atoms. The molecule has 3 N–H and O–H groups in total. The molecule has 2 bridgehead atoms. The third-order valence-corrected chi connectivity index (χ3v) is 11.4. The highest BCUT2D eigenvalue weighted by atomic mass is 19.1. The molecule has 6 aliphatic rings. The second-order valence-corrected chi connectivity index (χ2v) is 14.2. The van der Waals surface area contributed by atoms with Crippen LogP contribution in [0.15, 0.2) is 42.5 Å². The summed E-state index contributed by atoms with van der Waals surface area (Å²) in [5.74, 6) is -0.303. The molecular formula is C37H36F2N6O3. The lowest BCUT2D eigenvalue weighted by atomic mass is 9.78. The van der Waals surface area contributed by atoms with Gasteiger partial charge in [-0.1, -0.05) is 24.3 Å². The number of hydrogen-bond acceptors (Lipinski definition) is 8. The Kier molecular flexibility index (Phi) is 6.79. The summed E-state index contributed by atoms with van der Waals surface area (Å²) in [5.41, 5.74) is 2.08. The Morgan fingerprint density at radius 2 is 2.08 bits per heavy atom. The molecule has 3 aromatic carbocycles. The van der Waals surface area contributed by atoms with Gasteiger partial charge < -0.3 is 25.4 Å². The lowest BCUT2D eigenvalue weighted by Gasteiger charge is -2.46. The molecule has 11 heteroatoms. The average molecular weight is 651 g/mol. The number of carbonyl (C=O) groups is 1. The minimum atomic E-state index is -0.937. The molecule has 10 rings (SSSR count). The van der Waals surface area contributed by atoms with E-state index in [1.807, 2.05) is 30.3 Å². The number of ether oxygens (including phenoxy) is 1.